The molecule has 0 radical (unpaired) electrons. The number of carbonyl (C=O) groups is 2. The first-order valence-electron chi connectivity index (χ1n) is 5.35. The molecule has 0 saturated heterocycles. The maximum Gasteiger partial charge on any atom is 0.338 e. The second kappa shape index (κ2) is 6.48. The topological polar surface area (TPSA) is 55.4 Å². The van der Waals surface area contributed by atoms with Crippen LogP contribution in [-0.2, 0) is 9.53 Å². The fourth-order valence-corrected chi connectivity index (χ4v) is 1.25. The summed E-state index contributed by atoms with van der Waals surface area (Å²) in [5.74, 6) is -0.500. The quantitative estimate of drug-likeness (QED) is 0.627. The molecule has 4 nitrogen and oxygen atoms in total. The minimum Gasteiger partial charge on any atom is -0.462 e. The molecule has 4 heteroatoms. The molecule has 90 valence electrons. The van der Waals surface area contributed by atoms with E-state index in [-0.39, 0.29) is 18.3 Å². The van der Waals surface area contributed by atoms with Crippen molar-refractivity contribution in [2.24, 2.45) is 0 Å². The molecule has 1 rings (SSSR count). The third kappa shape index (κ3) is 4.10. The Morgan fingerprint density at radius 3 is 2.53 bits per heavy atom. The van der Waals surface area contributed by atoms with Gasteiger partial charge < -0.3 is 10.1 Å². The van der Waals surface area contributed by atoms with Crippen LogP contribution in [0.3, 0.4) is 0 Å². The number of anilines is 1. The first kappa shape index (κ1) is 13.0. The van der Waals surface area contributed by atoms with Gasteiger partial charge in [-0.15, -0.1) is 6.58 Å². The van der Waals surface area contributed by atoms with E-state index in [0.717, 1.165) is 0 Å². The summed E-state index contributed by atoms with van der Waals surface area (Å²) in [4.78, 5) is 22.6. The number of hydrogen-bond donors (Lipinski definition) is 1. The lowest BCUT2D eigenvalue weighted by Crippen LogP contribution is -2.10. The van der Waals surface area contributed by atoms with Gasteiger partial charge in [0.1, 0.15) is 0 Å². The average Bonchev–Trinajstić information content (AvgIpc) is 2.30. The molecule has 0 fully saturated rings. The van der Waals surface area contributed by atoms with Crippen LogP contribution in [0.1, 0.15) is 23.7 Å². The molecule has 0 bridgehead atoms. The number of ether oxygens (including phenoxy) is 1. The fraction of sp³-hybridized carbons (Fsp3) is 0.231. The molecule has 17 heavy (non-hydrogen) atoms. The zero-order valence-electron chi connectivity index (χ0n) is 9.73. The smallest absolute Gasteiger partial charge is 0.338 e. The third-order valence-corrected chi connectivity index (χ3v) is 2.01. The molecule has 0 unspecified atom stereocenters. The number of benzene rings is 1. The Kier molecular flexibility index (Phi) is 4.94. The van der Waals surface area contributed by atoms with Crippen LogP contribution < -0.4 is 5.32 Å². The van der Waals surface area contributed by atoms with Gasteiger partial charge in [-0.05, 0) is 31.2 Å². The predicted octanol–water partition coefficient (Wildman–Crippen LogP) is 2.38. The van der Waals surface area contributed by atoms with Gasteiger partial charge in [-0.3, -0.25) is 4.79 Å². The van der Waals surface area contributed by atoms with Crippen LogP contribution in [0.2, 0.25) is 0 Å². The number of hydrogen-bond acceptors (Lipinski definition) is 3. The average molecular weight is 233 g/mol. The predicted molar refractivity (Wildman–Crippen MR) is 65.8 cm³/mol. The highest BCUT2D eigenvalue weighted by atomic mass is 16.5. The van der Waals surface area contributed by atoms with Crippen molar-refractivity contribution in [2.75, 3.05) is 11.9 Å². The summed E-state index contributed by atoms with van der Waals surface area (Å²) in [7, 11) is 0. The highest BCUT2D eigenvalue weighted by Crippen LogP contribution is 2.10. The van der Waals surface area contributed by atoms with Gasteiger partial charge in [0.15, 0.2) is 0 Å². The van der Waals surface area contributed by atoms with Gasteiger partial charge >= 0.3 is 5.97 Å². The molecular formula is C13H15NO3. The standard InChI is InChI=1S/C13H15NO3/c1-3-5-12(15)14-11-8-6-10(7-9-11)13(16)17-4-2/h3,6-9H,1,4-5H2,2H3,(H,14,15). The molecule has 0 aliphatic carbocycles. The SMILES string of the molecule is C=CCC(=O)Nc1ccc(C(=O)OCC)cc1. The van der Waals surface area contributed by atoms with Gasteiger partial charge in [0.25, 0.3) is 0 Å². The first-order chi connectivity index (χ1) is 8.17. The molecule has 0 heterocycles. The summed E-state index contributed by atoms with van der Waals surface area (Å²) in [6.07, 6.45) is 1.79. The molecule has 0 aliphatic heterocycles. The number of nitrogens with one attached hydrogen (secondary N) is 1. The van der Waals surface area contributed by atoms with Crippen molar-refractivity contribution < 1.29 is 14.3 Å². The van der Waals surface area contributed by atoms with Crippen molar-refractivity contribution >= 4 is 17.6 Å². The molecule has 0 atom stereocenters. The zero-order valence-corrected chi connectivity index (χ0v) is 9.73. The molecule has 0 aliphatic rings. The van der Waals surface area contributed by atoms with E-state index >= 15 is 0 Å². The molecule has 1 aromatic carbocycles. The molecule has 1 aromatic rings. The number of rotatable bonds is 5. The van der Waals surface area contributed by atoms with Gasteiger partial charge in [0, 0.05) is 12.1 Å². The van der Waals surface area contributed by atoms with Gasteiger partial charge in [-0.25, -0.2) is 4.79 Å². The lowest BCUT2D eigenvalue weighted by molar-refractivity contribution is -0.115. The maximum atomic E-state index is 11.4. The number of esters is 1. The van der Waals surface area contributed by atoms with Crippen LogP contribution in [0.5, 0.6) is 0 Å². The highest BCUT2D eigenvalue weighted by Gasteiger charge is 2.06. The van der Waals surface area contributed by atoms with Crippen LogP contribution in [0.15, 0.2) is 36.9 Å². The van der Waals surface area contributed by atoms with E-state index in [0.29, 0.717) is 17.9 Å². The fourth-order valence-electron chi connectivity index (χ4n) is 1.25. The van der Waals surface area contributed by atoms with Crippen molar-refractivity contribution in [3.05, 3.63) is 42.5 Å². The Labute approximate surface area is 100 Å². The summed E-state index contributed by atoms with van der Waals surface area (Å²) in [6, 6.07) is 6.55. The zero-order chi connectivity index (χ0) is 12.7. The van der Waals surface area contributed by atoms with Gasteiger partial charge in [0.2, 0.25) is 5.91 Å². The summed E-state index contributed by atoms with van der Waals surface area (Å²) in [6.45, 7) is 5.57. The van der Waals surface area contributed by atoms with Crippen LogP contribution in [-0.4, -0.2) is 18.5 Å². The van der Waals surface area contributed by atoms with Crippen molar-refractivity contribution in [1.29, 1.82) is 0 Å². The van der Waals surface area contributed by atoms with Crippen molar-refractivity contribution in [2.45, 2.75) is 13.3 Å². The molecular weight excluding hydrogens is 218 g/mol. The molecule has 0 saturated carbocycles. The Morgan fingerprint density at radius 2 is 2.00 bits per heavy atom. The minimum atomic E-state index is -0.364. The summed E-state index contributed by atoms with van der Waals surface area (Å²) >= 11 is 0. The Morgan fingerprint density at radius 1 is 1.35 bits per heavy atom. The molecule has 1 N–H and O–H groups in total. The van der Waals surface area contributed by atoms with E-state index in [9.17, 15) is 9.59 Å². The summed E-state index contributed by atoms with van der Waals surface area (Å²) in [5, 5.41) is 2.68. The normalized spacial score (nSPS) is 9.47. The van der Waals surface area contributed by atoms with Crippen molar-refractivity contribution in [3.8, 4) is 0 Å². The van der Waals surface area contributed by atoms with Crippen molar-refractivity contribution in [1.82, 2.24) is 0 Å². The van der Waals surface area contributed by atoms with Crippen molar-refractivity contribution in [3.63, 3.8) is 0 Å². The number of amides is 1. The van der Waals surface area contributed by atoms with Gasteiger partial charge in [-0.1, -0.05) is 6.08 Å². The third-order valence-electron chi connectivity index (χ3n) is 2.01. The van der Waals surface area contributed by atoms with E-state index in [1.54, 1.807) is 31.2 Å². The largest absolute Gasteiger partial charge is 0.462 e. The Bertz CT molecular complexity index is 409. The lowest BCUT2D eigenvalue weighted by Gasteiger charge is -2.05. The summed E-state index contributed by atoms with van der Waals surface area (Å²) < 4.78 is 4.85. The van der Waals surface area contributed by atoms with E-state index in [1.807, 2.05) is 0 Å². The maximum absolute atomic E-state index is 11.4. The minimum absolute atomic E-state index is 0.135. The lowest BCUT2D eigenvalue weighted by atomic mass is 10.2. The van der Waals surface area contributed by atoms with E-state index < -0.39 is 0 Å². The van der Waals surface area contributed by atoms with E-state index in [1.165, 1.54) is 6.08 Å². The highest BCUT2D eigenvalue weighted by molar-refractivity contribution is 5.93. The Hall–Kier alpha value is -2.10. The second-order valence-corrected chi connectivity index (χ2v) is 3.34. The van der Waals surface area contributed by atoms with Gasteiger partial charge in [0.05, 0.1) is 12.2 Å². The van der Waals surface area contributed by atoms with Crippen LogP contribution >= 0.6 is 0 Å². The first-order valence-corrected chi connectivity index (χ1v) is 5.35. The second-order valence-electron chi connectivity index (χ2n) is 3.34. The van der Waals surface area contributed by atoms with Gasteiger partial charge in [-0.2, -0.15) is 0 Å². The molecule has 1 amide bonds. The van der Waals surface area contributed by atoms with E-state index in [2.05, 4.69) is 11.9 Å². The number of carbonyl (C=O) groups excluding carboxylic acids is 2. The monoisotopic (exact) mass is 233 g/mol. The van der Waals surface area contributed by atoms with Crippen LogP contribution in [0, 0.1) is 0 Å². The Balaban J connectivity index is 2.64. The summed E-state index contributed by atoms with van der Waals surface area (Å²) in [5.41, 5.74) is 1.11. The molecule has 0 aromatic heterocycles. The van der Waals surface area contributed by atoms with Crippen LogP contribution in [0.4, 0.5) is 5.69 Å². The molecule has 0 spiro atoms. The van der Waals surface area contributed by atoms with Crippen LogP contribution in [0.25, 0.3) is 0 Å². The van der Waals surface area contributed by atoms with E-state index in [4.69, 9.17) is 4.74 Å².